The van der Waals surface area contributed by atoms with E-state index < -0.39 is 0 Å². The summed E-state index contributed by atoms with van der Waals surface area (Å²) in [7, 11) is 4.03. The molecule has 90 valence electrons. The molecule has 1 aliphatic rings. The molecule has 0 N–H and O–H groups in total. The Morgan fingerprint density at radius 3 is 3.06 bits per heavy atom. The molecule has 1 saturated heterocycles. The maximum Gasteiger partial charge on any atom is 0.140 e. The van der Waals surface area contributed by atoms with E-state index in [-0.39, 0.29) is 0 Å². The van der Waals surface area contributed by atoms with Crippen molar-refractivity contribution in [1.29, 1.82) is 0 Å². The van der Waals surface area contributed by atoms with E-state index in [0.717, 1.165) is 25.5 Å². The number of hydrogen-bond donors (Lipinski definition) is 0. The highest BCUT2D eigenvalue weighted by molar-refractivity contribution is 4.83. The second kappa shape index (κ2) is 5.41. The average molecular weight is 224 g/mol. The van der Waals surface area contributed by atoms with E-state index in [2.05, 4.69) is 22.0 Å². The van der Waals surface area contributed by atoms with Crippen molar-refractivity contribution in [3.05, 3.63) is 12.2 Å². The van der Waals surface area contributed by atoms with Crippen LogP contribution in [0.2, 0.25) is 0 Å². The third-order valence-corrected chi connectivity index (χ3v) is 3.01. The number of hydrogen-bond acceptors (Lipinski definition) is 4. The van der Waals surface area contributed by atoms with Gasteiger partial charge in [0.25, 0.3) is 0 Å². The highest BCUT2D eigenvalue weighted by atomic mass is 16.5. The molecule has 1 unspecified atom stereocenters. The topological polar surface area (TPSA) is 43.2 Å². The van der Waals surface area contributed by atoms with E-state index >= 15 is 0 Å². The molecule has 1 aliphatic heterocycles. The van der Waals surface area contributed by atoms with Crippen LogP contribution in [-0.2, 0) is 18.3 Å². The molecule has 2 rings (SSSR count). The molecule has 5 heteroatoms. The Morgan fingerprint density at radius 2 is 2.44 bits per heavy atom. The van der Waals surface area contributed by atoms with Gasteiger partial charge in [0, 0.05) is 20.2 Å². The Bertz CT molecular complexity index is 320. The molecule has 16 heavy (non-hydrogen) atoms. The molecule has 1 aromatic heterocycles. The summed E-state index contributed by atoms with van der Waals surface area (Å²) < 4.78 is 7.53. The van der Waals surface area contributed by atoms with Crippen molar-refractivity contribution in [2.24, 2.45) is 7.05 Å². The lowest BCUT2D eigenvalue weighted by molar-refractivity contribution is -0.00305. The quantitative estimate of drug-likeness (QED) is 0.759. The van der Waals surface area contributed by atoms with E-state index in [4.69, 9.17) is 4.74 Å². The van der Waals surface area contributed by atoms with E-state index in [9.17, 15) is 0 Å². The first-order valence-corrected chi connectivity index (χ1v) is 5.88. The van der Waals surface area contributed by atoms with Crippen molar-refractivity contribution in [3.63, 3.8) is 0 Å². The Balaban J connectivity index is 1.79. The van der Waals surface area contributed by atoms with Gasteiger partial charge in [0.2, 0.25) is 0 Å². The molecule has 2 heterocycles. The van der Waals surface area contributed by atoms with Crippen LogP contribution in [0.1, 0.15) is 25.1 Å². The molecule has 1 atom stereocenters. The first-order chi connectivity index (χ1) is 7.75. The van der Waals surface area contributed by atoms with E-state index in [1.54, 1.807) is 6.33 Å². The lowest BCUT2D eigenvalue weighted by Crippen LogP contribution is -2.33. The molecule has 0 spiro atoms. The summed E-state index contributed by atoms with van der Waals surface area (Å²) in [6.45, 7) is 2.73. The van der Waals surface area contributed by atoms with Crippen LogP contribution in [0.5, 0.6) is 0 Å². The summed E-state index contributed by atoms with van der Waals surface area (Å²) in [5.74, 6) is 0.998. The predicted octanol–water partition coefficient (Wildman–Crippen LogP) is 0.816. The fourth-order valence-electron chi connectivity index (χ4n) is 2.07. The van der Waals surface area contributed by atoms with Crippen molar-refractivity contribution < 1.29 is 4.74 Å². The van der Waals surface area contributed by atoms with Crippen LogP contribution < -0.4 is 0 Å². The summed E-state index contributed by atoms with van der Waals surface area (Å²) in [6.07, 6.45) is 5.68. The number of nitrogens with zero attached hydrogens (tertiary/aromatic N) is 4. The van der Waals surface area contributed by atoms with Gasteiger partial charge in [0.1, 0.15) is 12.2 Å². The monoisotopic (exact) mass is 224 g/mol. The second-order valence-electron chi connectivity index (χ2n) is 4.49. The molecule has 1 fully saturated rings. The Kier molecular flexibility index (Phi) is 3.90. The number of likely N-dealkylation sites (N-methyl/N-ethyl adjacent to an activating group) is 1. The second-order valence-corrected chi connectivity index (χ2v) is 4.49. The Labute approximate surface area is 96.4 Å². The van der Waals surface area contributed by atoms with Crippen molar-refractivity contribution in [2.75, 3.05) is 20.2 Å². The van der Waals surface area contributed by atoms with E-state index in [0.29, 0.717) is 6.10 Å². The normalized spacial score (nSPS) is 21.6. The highest BCUT2D eigenvalue weighted by Gasteiger charge is 2.16. The van der Waals surface area contributed by atoms with Gasteiger partial charge in [-0.15, -0.1) is 0 Å². The van der Waals surface area contributed by atoms with E-state index in [1.807, 2.05) is 11.7 Å². The fraction of sp³-hybridized carbons (Fsp3) is 0.818. The van der Waals surface area contributed by atoms with Gasteiger partial charge in [-0.2, -0.15) is 5.10 Å². The van der Waals surface area contributed by atoms with Crippen molar-refractivity contribution >= 4 is 0 Å². The van der Waals surface area contributed by atoms with Gasteiger partial charge in [-0.05, 0) is 26.3 Å². The fourth-order valence-corrected chi connectivity index (χ4v) is 2.07. The predicted molar refractivity (Wildman–Crippen MR) is 60.9 cm³/mol. The lowest BCUT2D eigenvalue weighted by atomic mass is 10.1. The zero-order chi connectivity index (χ0) is 11.4. The molecule has 0 aromatic carbocycles. The lowest BCUT2D eigenvalue weighted by Gasteiger charge is -2.27. The minimum Gasteiger partial charge on any atom is -0.377 e. The largest absolute Gasteiger partial charge is 0.377 e. The minimum absolute atomic E-state index is 0.395. The summed E-state index contributed by atoms with van der Waals surface area (Å²) >= 11 is 0. The van der Waals surface area contributed by atoms with Crippen LogP contribution >= 0.6 is 0 Å². The first kappa shape index (κ1) is 11.5. The maximum atomic E-state index is 5.71. The number of rotatable bonds is 4. The molecule has 0 amide bonds. The van der Waals surface area contributed by atoms with Crippen LogP contribution in [0.4, 0.5) is 0 Å². The Morgan fingerprint density at radius 1 is 1.56 bits per heavy atom. The van der Waals surface area contributed by atoms with Crippen molar-refractivity contribution in [2.45, 2.75) is 31.9 Å². The molecule has 0 radical (unpaired) electrons. The molecule has 5 nitrogen and oxygen atoms in total. The van der Waals surface area contributed by atoms with Crippen LogP contribution in [-0.4, -0.2) is 46.0 Å². The smallest absolute Gasteiger partial charge is 0.140 e. The molecule has 0 bridgehead atoms. The van der Waals surface area contributed by atoms with Crippen LogP contribution in [0, 0.1) is 0 Å². The summed E-state index contributed by atoms with van der Waals surface area (Å²) in [5.41, 5.74) is 0. The highest BCUT2D eigenvalue weighted by Crippen LogP contribution is 2.13. The molecule has 1 aromatic rings. The number of aromatic nitrogens is 3. The van der Waals surface area contributed by atoms with Gasteiger partial charge in [-0.1, -0.05) is 0 Å². The standard InChI is InChI=1S/C11H20N4O/c1-14(7-10-5-3-4-6-16-10)8-11-12-9-13-15(11)2/h9-10H,3-8H2,1-2H3. The SMILES string of the molecule is CN(Cc1ncnn1C)CC1CCCCO1. The molecule has 0 aliphatic carbocycles. The Hall–Kier alpha value is -0.940. The van der Waals surface area contributed by atoms with Crippen molar-refractivity contribution in [1.82, 2.24) is 19.7 Å². The summed E-state index contributed by atoms with van der Waals surface area (Å²) in [4.78, 5) is 6.47. The number of ether oxygens (including phenoxy) is 1. The zero-order valence-corrected chi connectivity index (χ0v) is 10.1. The van der Waals surface area contributed by atoms with Crippen LogP contribution in [0.15, 0.2) is 6.33 Å². The minimum atomic E-state index is 0.395. The summed E-state index contributed by atoms with van der Waals surface area (Å²) in [5, 5.41) is 4.06. The third kappa shape index (κ3) is 3.02. The maximum absolute atomic E-state index is 5.71. The van der Waals surface area contributed by atoms with Gasteiger partial charge in [0.05, 0.1) is 12.6 Å². The van der Waals surface area contributed by atoms with Crippen LogP contribution in [0.25, 0.3) is 0 Å². The molecule has 0 saturated carbocycles. The first-order valence-electron chi connectivity index (χ1n) is 5.88. The van der Waals surface area contributed by atoms with Crippen LogP contribution in [0.3, 0.4) is 0 Å². The zero-order valence-electron chi connectivity index (χ0n) is 10.1. The average Bonchev–Trinajstić information content (AvgIpc) is 2.66. The number of aryl methyl sites for hydroxylation is 1. The molecular formula is C11H20N4O. The van der Waals surface area contributed by atoms with Crippen molar-refractivity contribution in [3.8, 4) is 0 Å². The van der Waals surface area contributed by atoms with Gasteiger partial charge in [-0.25, -0.2) is 4.98 Å². The van der Waals surface area contributed by atoms with E-state index in [1.165, 1.54) is 19.3 Å². The summed E-state index contributed by atoms with van der Waals surface area (Å²) in [6, 6.07) is 0. The van der Waals surface area contributed by atoms with Gasteiger partial charge < -0.3 is 4.74 Å². The molecular weight excluding hydrogens is 204 g/mol. The third-order valence-electron chi connectivity index (χ3n) is 3.01. The van der Waals surface area contributed by atoms with Gasteiger partial charge >= 0.3 is 0 Å². The van der Waals surface area contributed by atoms with Gasteiger partial charge in [0.15, 0.2) is 0 Å². The van der Waals surface area contributed by atoms with Gasteiger partial charge in [-0.3, -0.25) is 9.58 Å².